The molecule has 0 aromatic rings. The molecule has 1 fully saturated rings. The van der Waals surface area contributed by atoms with Gasteiger partial charge in [0.1, 0.15) is 11.9 Å². The van der Waals surface area contributed by atoms with Crippen LogP contribution in [0.4, 0.5) is 4.39 Å². The number of rotatable bonds is 14. The summed E-state index contributed by atoms with van der Waals surface area (Å²) in [4.78, 5) is 0. The molecule has 0 N–H and O–H groups in total. The highest BCUT2D eigenvalue weighted by atomic mass is 32.2. The van der Waals surface area contributed by atoms with Gasteiger partial charge in [0.15, 0.2) is 0 Å². The van der Waals surface area contributed by atoms with Crippen molar-refractivity contribution >= 4 is 10.9 Å². The topological polar surface area (TPSA) is 9.23 Å². The lowest BCUT2D eigenvalue weighted by Crippen LogP contribution is -2.18. The van der Waals surface area contributed by atoms with Crippen LogP contribution < -0.4 is 0 Å². The molecule has 1 aliphatic carbocycles. The highest BCUT2D eigenvalue weighted by Crippen LogP contribution is 2.48. The monoisotopic (exact) mass is 356 g/mol. The smallest absolute Gasteiger partial charge is 0.136 e. The number of alkyl halides is 1. The molecule has 0 aromatic heterocycles. The molecule has 0 amide bonds. The second kappa shape index (κ2) is 12.0. The first kappa shape index (κ1) is 19.9. The Kier molecular flexibility index (Phi) is 9.94. The Labute approximate surface area is 151 Å². The van der Waals surface area contributed by atoms with E-state index in [1.165, 1.54) is 75.7 Å². The number of allylic oxidation sites excluding steroid dienone is 2. The van der Waals surface area contributed by atoms with Gasteiger partial charge in [0.2, 0.25) is 0 Å². The third-order valence-electron chi connectivity index (χ3n) is 5.03. The molecule has 0 saturated carbocycles. The summed E-state index contributed by atoms with van der Waals surface area (Å²) in [5.41, 5.74) is 0. The van der Waals surface area contributed by atoms with E-state index in [9.17, 15) is 4.39 Å². The largest absolute Gasteiger partial charge is 0.494 e. The molecule has 140 valence electrons. The molecule has 1 saturated heterocycles. The number of hydrogen-bond donors (Lipinski definition) is 1. The SMILES string of the molecule is CCCCCCCCCCCCCOC1=CC(F)C([SH]2CC2)C=C1. The minimum Gasteiger partial charge on any atom is -0.494 e. The van der Waals surface area contributed by atoms with Gasteiger partial charge in [-0.3, -0.25) is 0 Å². The third kappa shape index (κ3) is 8.09. The van der Waals surface area contributed by atoms with Crippen molar-refractivity contribution in [2.24, 2.45) is 0 Å². The molecule has 2 atom stereocenters. The third-order valence-corrected chi connectivity index (χ3v) is 7.29. The maximum absolute atomic E-state index is 14.0. The molecule has 2 rings (SSSR count). The molecular formula is C21H37FOS. The lowest BCUT2D eigenvalue weighted by Gasteiger charge is -2.21. The van der Waals surface area contributed by atoms with Crippen molar-refractivity contribution in [3.63, 3.8) is 0 Å². The van der Waals surface area contributed by atoms with Gasteiger partial charge >= 0.3 is 0 Å². The van der Waals surface area contributed by atoms with Crippen LogP contribution in [0.15, 0.2) is 24.0 Å². The van der Waals surface area contributed by atoms with Gasteiger partial charge in [0.05, 0.1) is 6.61 Å². The molecule has 0 radical (unpaired) electrons. The van der Waals surface area contributed by atoms with Gasteiger partial charge in [-0.15, -0.1) is 0 Å². The van der Waals surface area contributed by atoms with E-state index in [2.05, 4.69) is 13.0 Å². The maximum Gasteiger partial charge on any atom is 0.136 e. The highest BCUT2D eigenvalue weighted by molar-refractivity contribution is 8.23. The number of unbranched alkanes of at least 4 members (excludes halogenated alkanes) is 10. The number of halogens is 1. The molecule has 3 heteroatoms. The summed E-state index contributed by atoms with van der Waals surface area (Å²) >= 11 is 0. The maximum atomic E-state index is 14.0. The predicted octanol–water partition coefficient (Wildman–Crippen LogP) is 6.49. The molecule has 24 heavy (non-hydrogen) atoms. The summed E-state index contributed by atoms with van der Waals surface area (Å²) in [5.74, 6) is 3.27. The molecule has 0 bridgehead atoms. The quantitative estimate of drug-likeness (QED) is 0.213. The van der Waals surface area contributed by atoms with Crippen molar-refractivity contribution in [2.45, 2.75) is 89.0 Å². The molecule has 2 aliphatic rings. The fourth-order valence-corrected chi connectivity index (χ4v) is 5.22. The van der Waals surface area contributed by atoms with Crippen LogP contribution in [-0.2, 0) is 4.74 Å². The Balaban J connectivity index is 1.38. The summed E-state index contributed by atoms with van der Waals surface area (Å²) in [6.07, 6.45) is 19.7. The van der Waals surface area contributed by atoms with Gasteiger partial charge in [0.25, 0.3) is 0 Å². The standard InChI is InChI=1S/C21H37FOS/c1-2-3-4-5-6-7-8-9-10-11-12-15-23-19-13-14-21(20(22)18-19)24-16-17-24/h13-14,18,20-21,24H,2-12,15-17H2,1H3. The van der Waals surface area contributed by atoms with E-state index in [4.69, 9.17) is 4.74 Å². The average Bonchev–Trinajstić information content (AvgIpc) is 3.41. The summed E-state index contributed by atoms with van der Waals surface area (Å²) in [6, 6.07) is 0. The second-order valence-corrected chi connectivity index (χ2v) is 9.95. The van der Waals surface area contributed by atoms with Gasteiger partial charge < -0.3 is 4.74 Å². The molecule has 0 spiro atoms. The van der Waals surface area contributed by atoms with Crippen LogP contribution in [0.1, 0.15) is 77.6 Å². The van der Waals surface area contributed by atoms with Crippen LogP contribution >= 0.6 is 10.9 Å². The van der Waals surface area contributed by atoms with Gasteiger partial charge in [-0.05, 0) is 30.1 Å². The van der Waals surface area contributed by atoms with Crippen LogP contribution in [0, 0.1) is 0 Å². The predicted molar refractivity (Wildman–Crippen MR) is 107 cm³/mol. The highest BCUT2D eigenvalue weighted by Gasteiger charge is 2.32. The first-order valence-electron chi connectivity index (χ1n) is 10.2. The second-order valence-electron chi connectivity index (χ2n) is 7.28. The molecule has 1 heterocycles. The van der Waals surface area contributed by atoms with E-state index in [-0.39, 0.29) is 16.1 Å². The number of hydrogen-bond acceptors (Lipinski definition) is 1. The zero-order valence-electron chi connectivity index (χ0n) is 15.5. The van der Waals surface area contributed by atoms with Crippen molar-refractivity contribution < 1.29 is 9.13 Å². The van der Waals surface area contributed by atoms with Gasteiger partial charge in [-0.25, -0.2) is 15.3 Å². The Hall–Kier alpha value is -0.440. The van der Waals surface area contributed by atoms with Crippen LogP contribution in [0.25, 0.3) is 0 Å². The van der Waals surface area contributed by atoms with Crippen LogP contribution in [0.3, 0.4) is 0 Å². The summed E-state index contributed by atoms with van der Waals surface area (Å²) < 4.78 is 19.8. The van der Waals surface area contributed by atoms with Crippen LogP contribution in [0.2, 0.25) is 0 Å². The average molecular weight is 357 g/mol. The first-order chi connectivity index (χ1) is 11.8. The summed E-state index contributed by atoms with van der Waals surface area (Å²) in [5, 5.41) is 0.175. The zero-order chi connectivity index (χ0) is 17.0. The minimum atomic E-state index is -0.809. The lowest BCUT2D eigenvalue weighted by atomic mass is 10.1. The van der Waals surface area contributed by atoms with Crippen molar-refractivity contribution in [1.82, 2.24) is 0 Å². The fraction of sp³-hybridized carbons (Fsp3) is 0.810. The van der Waals surface area contributed by atoms with Gasteiger partial charge in [-0.2, -0.15) is 0 Å². The minimum absolute atomic E-state index is 0.0200. The van der Waals surface area contributed by atoms with E-state index in [0.717, 1.165) is 18.8 Å². The summed E-state index contributed by atoms with van der Waals surface area (Å²) in [7, 11) is -0.0200. The molecular weight excluding hydrogens is 319 g/mol. The van der Waals surface area contributed by atoms with E-state index < -0.39 is 6.17 Å². The van der Waals surface area contributed by atoms with Gasteiger partial charge in [0, 0.05) is 5.25 Å². The molecule has 0 aromatic carbocycles. The van der Waals surface area contributed by atoms with E-state index in [1.807, 2.05) is 6.08 Å². The van der Waals surface area contributed by atoms with Crippen molar-refractivity contribution in [2.75, 3.05) is 18.1 Å². The zero-order valence-corrected chi connectivity index (χ0v) is 16.4. The fourth-order valence-electron chi connectivity index (χ4n) is 3.34. The van der Waals surface area contributed by atoms with E-state index in [0.29, 0.717) is 0 Å². The molecule has 1 nitrogen and oxygen atoms in total. The number of thiol groups is 1. The Bertz CT molecular complexity index is 389. The van der Waals surface area contributed by atoms with Gasteiger partial charge in [-0.1, -0.05) is 77.2 Å². The van der Waals surface area contributed by atoms with Crippen LogP contribution in [0.5, 0.6) is 0 Å². The molecule has 1 aliphatic heterocycles. The molecule has 2 unspecified atom stereocenters. The van der Waals surface area contributed by atoms with Crippen LogP contribution in [-0.4, -0.2) is 29.5 Å². The van der Waals surface area contributed by atoms with E-state index >= 15 is 0 Å². The Morgan fingerprint density at radius 3 is 2.08 bits per heavy atom. The van der Waals surface area contributed by atoms with Crippen molar-refractivity contribution in [3.8, 4) is 0 Å². The van der Waals surface area contributed by atoms with E-state index in [1.54, 1.807) is 6.08 Å². The first-order valence-corrected chi connectivity index (χ1v) is 12.0. The van der Waals surface area contributed by atoms with Crippen molar-refractivity contribution in [3.05, 3.63) is 24.0 Å². The summed E-state index contributed by atoms with van der Waals surface area (Å²) in [6.45, 7) is 3.01. The normalized spacial score (nSPS) is 24.1. The lowest BCUT2D eigenvalue weighted by molar-refractivity contribution is 0.210. The Morgan fingerprint density at radius 2 is 1.54 bits per heavy atom. The van der Waals surface area contributed by atoms with Crippen molar-refractivity contribution in [1.29, 1.82) is 0 Å². The number of ether oxygens (including phenoxy) is 1. The Morgan fingerprint density at radius 1 is 0.958 bits per heavy atom.